The van der Waals surface area contributed by atoms with E-state index in [2.05, 4.69) is 4.89 Å². The normalized spacial score (nSPS) is 9.53. The summed E-state index contributed by atoms with van der Waals surface area (Å²) in [5.74, 6) is -1.09. The molecule has 1 aromatic rings. The molecule has 1 aromatic carbocycles. The Labute approximate surface area is 85.5 Å². The Kier molecular flexibility index (Phi) is 3.35. The molecule has 0 spiro atoms. The van der Waals surface area contributed by atoms with Crippen LogP contribution in [-0.2, 0) is 4.89 Å². The molecule has 0 fully saturated rings. The third kappa shape index (κ3) is 2.10. The number of aromatic hydroxyl groups is 1. The summed E-state index contributed by atoms with van der Waals surface area (Å²) in [5, 5.41) is 17.7. The van der Waals surface area contributed by atoms with Crippen LogP contribution in [0.3, 0.4) is 0 Å². The van der Waals surface area contributed by atoms with Crippen molar-refractivity contribution in [3.63, 3.8) is 0 Å². The van der Waals surface area contributed by atoms with Crippen molar-refractivity contribution in [3.8, 4) is 17.2 Å². The van der Waals surface area contributed by atoms with Crippen LogP contribution in [0.1, 0.15) is 10.4 Å². The highest BCUT2D eigenvalue weighted by Gasteiger charge is 2.16. The number of ether oxygens (including phenoxy) is 2. The molecule has 6 heteroatoms. The number of rotatable bonds is 3. The maximum Gasteiger partial charge on any atom is 0.373 e. The summed E-state index contributed by atoms with van der Waals surface area (Å²) in [6, 6.07) is 2.44. The van der Waals surface area contributed by atoms with Gasteiger partial charge in [0, 0.05) is 0 Å². The Hall–Kier alpha value is -1.95. The molecule has 2 N–H and O–H groups in total. The molecule has 82 valence electrons. The first-order chi connectivity index (χ1) is 7.13. The van der Waals surface area contributed by atoms with Crippen LogP contribution < -0.4 is 9.47 Å². The Morgan fingerprint density at radius 2 is 1.67 bits per heavy atom. The smallest absolute Gasteiger partial charge is 0.373 e. The predicted molar refractivity (Wildman–Crippen MR) is 49.3 cm³/mol. The van der Waals surface area contributed by atoms with Gasteiger partial charge in [0.05, 0.1) is 19.8 Å². The summed E-state index contributed by atoms with van der Waals surface area (Å²) in [6.45, 7) is 0. The molecule has 0 aliphatic heterocycles. The molecule has 1 rings (SSSR count). The zero-order valence-electron chi connectivity index (χ0n) is 8.18. The maximum atomic E-state index is 11.0. The van der Waals surface area contributed by atoms with Gasteiger partial charge >= 0.3 is 5.97 Å². The van der Waals surface area contributed by atoms with Crippen LogP contribution >= 0.6 is 0 Å². The van der Waals surface area contributed by atoms with Gasteiger partial charge in [-0.05, 0) is 12.1 Å². The topological polar surface area (TPSA) is 85.2 Å². The zero-order valence-corrected chi connectivity index (χ0v) is 8.18. The van der Waals surface area contributed by atoms with Crippen LogP contribution in [-0.4, -0.2) is 30.6 Å². The summed E-state index contributed by atoms with van der Waals surface area (Å²) in [6.07, 6.45) is 0. The number of hydrogen-bond donors (Lipinski definition) is 2. The van der Waals surface area contributed by atoms with E-state index in [0.717, 1.165) is 0 Å². The van der Waals surface area contributed by atoms with Crippen LogP contribution in [0.5, 0.6) is 17.2 Å². The maximum absolute atomic E-state index is 11.0. The molecule has 0 amide bonds. The number of carbonyl (C=O) groups excluding carboxylic acids is 1. The monoisotopic (exact) mass is 214 g/mol. The fourth-order valence-electron chi connectivity index (χ4n) is 1.06. The molecule has 15 heavy (non-hydrogen) atoms. The van der Waals surface area contributed by atoms with Crippen LogP contribution in [0.2, 0.25) is 0 Å². The molecular weight excluding hydrogens is 204 g/mol. The van der Waals surface area contributed by atoms with Crippen molar-refractivity contribution >= 4 is 5.97 Å². The first-order valence-corrected chi connectivity index (χ1v) is 3.94. The molecule has 0 heterocycles. The van der Waals surface area contributed by atoms with Gasteiger partial charge in [0.25, 0.3) is 0 Å². The first kappa shape index (κ1) is 11.1. The van der Waals surface area contributed by atoms with Crippen LogP contribution in [0, 0.1) is 0 Å². The number of benzene rings is 1. The van der Waals surface area contributed by atoms with Gasteiger partial charge in [-0.3, -0.25) is 4.89 Å². The minimum absolute atomic E-state index is 0.00370. The van der Waals surface area contributed by atoms with E-state index >= 15 is 0 Å². The second kappa shape index (κ2) is 4.52. The molecule has 0 unspecified atom stereocenters. The number of carbonyl (C=O) groups is 1. The van der Waals surface area contributed by atoms with E-state index in [1.165, 1.54) is 26.4 Å². The standard InChI is InChI=1S/C9H10O6/c1-13-6-3-5(9(11)15-12)4-7(14-2)8(6)10/h3-4,10,12H,1-2H3. The highest BCUT2D eigenvalue weighted by atomic mass is 17.1. The minimum atomic E-state index is -0.966. The average Bonchev–Trinajstić information content (AvgIpc) is 2.28. The molecule has 6 nitrogen and oxygen atoms in total. The highest BCUT2D eigenvalue weighted by Crippen LogP contribution is 2.37. The lowest BCUT2D eigenvalue weighted by molar-refractivity contribution is -0.182. The Balaban J connectivity index is 3.26. The van der Waals surface area contributed by atoms with Gasteiger partial charge in [-0.2, -0.15) is 5.26 Å². The second-order valence-corrected chi connectivity index (χ2v) is 2.61. The largest absolute Gasteiger partial charge is 0.502 e. The molecule has 0 aliphatic rings. The van der Waals surface area contributed by atoms with Crippen molar-refractivity contribution in [2.75, 3.05) is 14.2 Å². The third-order valence-electron chi connectivity index (χ3n) is 1.80. The van der Waals surface area contributed by atoms with Crippen LogP contribution in [0.4, 0.5) is 0 Å². The van der Waals surface area contributed by atoms with E-state index < -0.39 is 5.97 Å². The van der Waals surface area contributed by atoms with E-state index in [1.807, 2.05) is 0 Å². The molecule has 0 atom stereocenters. The van der Waals surface area contributed by atoms with Gasteiger partial charge in [0.15, 0.2) is 11.5 Å². The molecule has 0 radical (unpaired) electrons. The van der Waals surface area contributed by atoms with Crippen LogP contribution in [0.15, 0.2) is 12.1 Å². The van der Waals surface area contributed by atoms with Gasteiger partial charge in [-0.1, -0.05) is 0 Å². The predicted octanol–water partition coefficient (Wildman–Crippen LogP) is 1.04. The van der Waals surface area contributed by atoms with E-state index in [0.29, 0.717) is 0 Å². The van der Waals surface area contributed by atoms with Gasteiger partial charge in [0.1, 0.15) is 0 Å². The van der Waals surface area contributed by atoms with E-state index in [4.69, 9.17) is 14.7 Å². The summed E-state index contributed by atoms with van der Waals surface area (Å²) < 4.78 is 9.61. The quantitative estimate of drug-likeness (QED) is 0.577. The second-order valence-electron chi connectivity index (χ2n) is 2.61. The van der Waals surface area contributed by atoms with Gasteiger partial charge < -0.3 is 14.6 Å². The minimum Gasteiger partial charge on any atom is -0.502 e. The lowest BCUT2D eigenvalue weighted by atomic mass is 10.2. The van der Waals surface area contributed by atoms with Gasteiger partial charge in [-0.15, -0.1) is 0 Å². The number of hydrogen-bond acceptors (Lipinski definition) is 6. The SMILES string of the molecule is COc1cc(C(=O)OO)cc(OC)c1O. The molecular formula is C9H10O6. The fraction of sp³-hybridized carbons (Fsp3) is 0.222. The Morgan fingerprint density at radius 3 is 2.00 bits per heavy atom. The van der Waals surface area contributed by atoms with Gasteiger partial charge in [-0.25, -0.2) is 4.79 Å². The summed E-state index contributed by atoms with van der Waals surface area (Å²) in [7, 11) is 2.64. The van der Waals surface area contributed by atoms with Crippen molar-refractivity contribution in [2.24, 2.45) is 0 Å². The van der Waals surface area contributed by atoms with Gasteiger partial charge in [0.2, 0.25) is 5.75 Å². The van der Waals surface area contributed by atoms with Crippen molar-refractivity contribution < 1.29 is 29.5 Å². The van der Waals surface area contributed by atoms with Crippen LogP contribution in [0.25, 0.3) is 0 Å². The molecule has 0 bridgehead atoms. The van der Waals surface area contributed by atoms with E-state index in [1.54, 1.807) is 0 Å². The third-order valence-corrected chi connectivity index (χ3v) is 1.80. The zero-order chi connectivity index (χ0) is 11.4. The fourth-order valence-corrected chi connectivity index (χ4v) is 1.06. The van der Waals surface area contributed by atoms with Crippen molar-refractivity contribution in [1.29, 1.82) is 0 Å². The molecule has 0 aromatic heterocycles. The summed E-state index contributed by atoms with van der Waals surface area (Å²) in [4.78, 5) is 14.5. The lowest BCUT2D eigenvalue weighted by Gasteiger charge is -2.09. The Morgan fingerprint density at radius 1 is 1.20 bits per heavy atom. The van der Waals surface area contributed by atoms with Crippen molar-refractivity contribution in [2.45, 2.75) is 0 Å². The highest BCUT2D eigenvalue weighted by molar-refractivity contribution is 5.90. The van der Waals surface area contributed by atoms with Crippen molar-refractivity contribution in [1.82, 2.24) is 0 Å². The summed E-state index contributed by atoms with van der Waals surface area (Å²) in [5.41, 5.74) is 0.00370. The molecule has 0 aliphatic carbocycles. The molecule has 0 saturated heterocycles. The number of phenolic OH excluding ortho intramolecular Hbond substituents is 1. The number of methoxy groups -OCH3 is 2. The summed E-state index contributed by atoms with van der Waals surface area (Å²) >= 11 is 0. The van der Waals surface area contributed by atoms with E-state index in [-0.39, 0.29) is 22.8 Å². The van der Waals surface area contributed by atoms with Crippen molar-refractivity contribution in [3.05, 3.63) is 17.7 Å². The van der Waals surface area contributed by atoms with E-state index in [9.17, 15) is 9.90 Å². The lowest BCUT2D eigenvalue weighted by Crippen LogP contribution is -2.02. The Bertz CT molecular complexity index is 348. The average molecular weight is 214 g/mol. The first-order valence-electron chi connectivity index (χ1n) is 3.94. The number of phenols is 1. The molecule has 0 saturated carbocycles.